The fraction of sp³-hybridized carbons (Fsp3) is 0.200. The smallest absolute Gasteiger partial charge is 0.416 e. The molecule has 4 aromatic carbocycles. The largest absolute Gasteiger partial charge is 0.465 e. The number of halogens is 4. The van der Waals surface area contributed by atoms with E-state index in [0.29, 0.717) is 24.0 Å². The Labute approximate surface area is 274 Å². The van der Waals surface area contributed by atoms with E-state index in [1.807, 2.05) is 0 Å². The van der Waals surface area contributed by atoms with Gasteiger partial charge in [0.15, 0.2) is 0 Å². The van der Waals surface area contributed by atoms with Crippen molar-refractivity contribution in [1.29, 1.82) is 0 Å². The summed E-state index contributed by atoms with van der Waals surface area (Å²) in [4.78, 5) is 52.1. The second-order valence-corrected chi connectivity index (χ2v) is 11.0. The number of nitrogens with zero attached hydrogens (tertiary/aromatic N) is 1. The highest BCUT2D eigenvalue weighted by molar-refractivity contribution is 6.33. The van der Waals surface area contributed by atoms with Crippen LogP contribution in [0.25, 0.3) is 11.1 Å². The molecule has 0 aliphatic carbocycles. The van der Waals surface area contributed by atoms with E-state index in [4.69, 9.17) is 16.3 Å². The highest BCUT2D eigenvalue weighted by Crippen LogP contribution is 2.32. The molecule has 8 nitrogen and oxygen atoms in total. The van der Waals surface area contributed by atoms with Gasteiger partial charge in [0.05, 0.1) is 34.5 Å². The monoisotopic (exact) mass is 666 g/mol. The number of esters is 2. The van der Waals surface area contributed by atoms with Crippen molar-refractivity contribution < 1.29 is 41.8 Å². The molecule has 0 bridgehead atoms. The number of methoxy groups -OCH3 is 1. The van der Waals surface area contributed by atoms with E-state index in [0.717, 1.165) is 17.7 Å². The van der Waals surface area contributed by atoms with Gasteiger partial charge in [-0.2, -0.15) is 13.2 Å². The molecule has 4 aromatic rings. The third kappa shape index (κ3) is 8.76. The van der Waals surface area contributed by atoms with Crippen LogP contribution in [-0.2, 0) is 22.1 Å². The number of nitrogens with one attached hydrogen (secondary N) is 1. The van der Waals surface area contributed by atoms with E-state index in [2.05, 4.69) is 10.1 Å². The number of anilines is 1. The van der Waals surface area contributed by atoms with Gasteiger partial charge in [0, 0.05) is 32.1 Å². The molecule has 1 N–H and O–H groups in total. The summed E-state index contributed by atoms with van der Waals surface area (Å²) in [6, 6.07) is 20.1. The van der Waals surface area contributed by atoms with Crippen molar-refractivity contribution in [3.05, 3.63) is 118 Å². The maximum Gasteiger partial charge on any atom is 0.416 e. The number of carbonyl (C=O) groups excluding carboxylic acids is 4. The Morgan fingerprint density at radius 3 is 2.19 bits per heavy atom. The first-order valence-corrected chi connectivity index (χ1v) is 14.7. The molecular formula is C35H30ClF3N2O6. The molecule has 0 aliphatic heterocycles. The van der Waals surface area contributed by atoms with Crippen molar-refractivity contribution in [3.8, 4) is 16.9 Å². The van der Waals surface area contributed by atoms with Crippen LogP contribution in [0.1, 0.15) is 55.0 Å². The fourth-order valence-corrected chi connectivity index (χ4v) is 4.94. The van der Waals surface area contributed by atoms with E-state index in [9.17, 15) is 32.3 Å². The molecule has 0 aromatic heterocycles. The minimum atomic E-state index is -4.49. The third-order valence-corrected chi connectivity index (χ3v) is 7.40. The van der Waals surface area contributed by atoms with Crippen molar-refractivity contribution in [3.63, 3.8) is 0 Å². The Morgan fingerprint density at radius 1 is 0.851 bits per heavy atom. The van der Waals surface area contributed by atoms with Crippen LogP contribution in [0, 0.1) is 0 Å². The van der Waals surface area contributed by atoms with Crippen LogP contribution in [0.2, 0.25) is 5.02 Å². The fourth-order valence-electron chi connectivity index (χ4n) is 4.69. The number of carbonyl (C=O) groups is 4. The Balaban J connectivity index is 1.46. The van der Waals surface area contributed by atoms with Crippen molar-refractivity contribution in [2.24, 2.45) is 0 Å². The van der Waals surface area contributed by atoms with Gasteiger partial charge in [0.2, 0.25) is 0 Å². The zero-order valence-electron chi connectivity index (χ0n) is 25.6. The molecule has 0 heterocycles. The Hall–Kier alpha value is -5.16. The molecule has 0 saturated carbocycles. The van der Waals surface area contributed by atoms with Gasteiger partial charge in [-0.25, -0.2) is 4.79 Å². The quantitative estimate of drug-likeness (QED) is 0.138. The molecule has 4 rings (SSSR count). The topological polar surface area (TPSA) is 102 Å². The number of ether oxygens (including phenoxy) is 2. The predicted octanol–water partition coefficient (Wildman–Crippen LogP) is 7.69. The molecule has 0 saturated heterocycles. The lowest BCUT2D eigenvalue weighted by Gasteiger charge is -2.17. The number of alkyl halides is 3. The maximum absolute atomic E-state index is 13.5. The molecule has 0 spiro atoms. The van der Waals surface area contributed by atoms with Crippen LogP contribution in [-0.4, -0.2) is 49.9 Å². The van der Waals surface area contributed by atoms with Gasteiger partial charge in [0.25, 0.3) is 11.8 Å². The van der Waals surface area contributed by atoms with Gasteiger partial charge in [-0.05, 0) is 72.0 Å². The second kappa shape index (κ2) is 15.0. The number of amides is 2. The van der Waals surface area contributed by atoms with Crippen molar-refractivity contribution in [2.45, 2.75) is 25.4 Å². The summed E-state index contributed by atoms with van der Waals surface area (Å²) in [5.74, 6) is -1.89. The van der Waals surface area contributed by atoms with Gasteiger partial charge in [-0.15, -0.1) is 0 Å². The first kappa shape index (κ1) is 34.7. The van der Waals surface area contributed by atoms with E-state index < -0.39 is 29.6 Å². The predicted molar refractivity (Wildman–Crippen MR) is 171 cm³/mol. The molecule has 12 heteroatoms. The SMILES string of the molecule is COC(=O)c1ccc(OC(=O)CCCc2ccc(NC(=O)c3ccccc3-c3ccc(C(F)(F)F)cc3)c(C(=O)N(C)C)c2)cc1Cl. The summed E-state index contributed by atoms with van der Waals surface area (Å²) < 4.78 is 49.2. The van der Waals surface area contributed by atoms with Crippen LogP contribution in [0.15, 0.2) is 84.9 Å². The zero-order chi connectivity index (χ0) is 34.3. The first-order chi connectivity index (χ1) is 22.3. The van der Waals surface area contributed by atoms with Gasteiger partial charge in [-0.1, -0.05) is 48.0 Å². The second-order valence-electron chi connectivity index (χ2n) is 10.6. The van der Waals surface area contributed by atoms with Crippen LogP contribution in [0.3, 0.4) is 0 Å². The molecule has 244 valence electrons. The lowest BCUT2D eigenvalue weighted by Crippen LogP contribution is -2.24. The molecule has 0 fully saturated rings. The van der Waals surface area contributed by atoms with Gasteiger partial charge in [-0.3, -0.25) is 14.4 Å². The highest BCUT2D eigenvalue weighted by atomic mass is 35.5. The van der Waals surface area contributed by atoms with E-state index >= 15 is 0 Å². The number of rotatable bonds is 10. The number of hydrogen-bond donors (Lipinski definition) is 1. The highest BCUT2D eigenvalue weighted by Gasteiger charge is 2.30. The summed E-state index contributed by atoms with van der Waals surface area (Å²) in [7, 11) is 4.37. The molecule has 0 aliphatic rings. The Morgan fingerprint density at radius 2 is 1.55 bits per heavy atom. The zero-order valence-corrected chi connectivity index (χ0v) is 26.4. The summed E-state index contributed by atoms with van der Waals surface area (Å²) >= 11 is 6.08. The Kier molecular flexibility index (Phi) is 11.0. The molecule has 47 heavy (non-hydrogen) atoms. The van der Waals surface area contributed by atoms with Crippen molar-refractivity contribution >= 4 is 41.0 Å². The molecule has 0 radical (unpaired) electrons. The van der Waals surface area contributed by atoms with E-state index in [1.165, 1.54) is 42.3 Å². The first-order valence-electron chi connectivity index (χ1n) is 14.3. The number of hydrogen-bond acceptors (Lipinski definition) is 6. The van der Waals surface area contributed by atoms with Crippen LogP contribution < -0.4 is 10.1 Å². The minimum Gasteiger partial charge on any atom is -0.465 e. The lowest BCUT2D eigenvalue weighted by molar-refractivity contribution is -0.137. The number of benzene rings is 4. The summed E-state index contributed by atoms with van der Waals surface area (Å²) in [5.41, 5.74) is 1.58. The average Bonchev–Trinajstić information content (AvgIpc) is 3.04. The van der Waals surface area contributed by atoms with Gasteiger partial charge < -0.3 is 19.7 Å². The van der Waals surface area contributed by atoms with Crippen molar-refractivity contribution in [2.75, 3.05) is 26.5 Å². The third-order valence-electron chi connectivity index (χ3n) is 7.09. The molecular weight excluding hydrogens is 637 g/mol. The average molecular weight is 667 g/mol. The standard InChI is InChI=1S/C35H30ClF3N2O6/c1-41(2)33(44)28-19-21(7-6-10-31(42)47-24-16-17-27(29(36)20-24)34(45)46-3)11-18-30(28)40-32(43)26-9-5-4-8-25(26)22-12-14-23(15-13-22)35(37,38)39/h4-5,8-9,11-20H,6-7,10H2,1-3H3,(H,40,43). The van der Waals surface area contributed by atoms with Crippen molar-refractivity contribution in [1.82, 2.24) is 4.90 Å². The van der Waals surface area contributed by atoms with Gasteiger partial charge >= 0.3 is 18.1 Å². The number of aryl methyl sites for hydroxylation is 1. The summed E-state index contributed by atoms with van der Waals surface area (Å²) in [6.45, 7) is 0. The van der Waals surface area contributed by atoms with Crippen LogP contribution >= 0.6 is 11.6 Å². The van der Waals surface area contributed by atoms with E-state index in [-0.39, 0.29) is 45.5 Å². The van der Waals surface area contributed by atoms with Crippen LogP contribution in [0.5, 0.6) is 5.75 Å². The van der Waals surface area contributed by atoms with Crippen LogP contribution in [0.4, 0.5) is 18.9 Å². The summed E-state index contributed by atoms with van der Waals surface area (Å²) in [5, 5.41) is 2.86. The molecule has 0 unspecified atom stereocenters. The maximum atomic E-state index is 13.5. The molecule has 2 amide bonds. The lowest BCUT2D eigenvalue weighted by atomic mass is 9.97. The minimum absolute atomic E-state index is 0.0482. The summed E-state index contributed by atoms with van der Waals surface area (Å²) in [6.07, 6.45) is -3.65. The molecule has 0 atom stereocenters. The Bertz CT molecular complexity index is 1810. The van der Waals surface area contributed by atoms with Gasteiger partial charge in [0.1, 0.15) is 5.75 Å². The van der Waals surface area contributed by atoms with E-state index in [1.54, 1.807) is 56.6 Å². The normalized spacial score (nSPS) is 11.0.